The molecule has 6 heteroatoms. The molecule has 6 nitrogen and oxygen atoms in total. The first-order valence-corrected chi connectivity index (χ1v) is 6.62. The van der Waals surface area contributed by atoms with Crippen LogP contribution in [-0.2, 0) is 4.74 Å². The van der Waals surface area contributed by atoms with E-state index in [2.05, 4.69) is 10.1 Å². The molecular formula is C14H20N2O4. The van der Waals surface area contributed by atoms with Crippen molar-refractivity contribution in [2.24, 2.45) is 5.16 Å². The number of nitrogens with zero attached hydrogens (tertiary/aromatic N) is 2. The van der Waals surface area contributed by atoms with Gasteiger partial charge in [-0.1, -0.05) is 5.16 Å². The first-order valence-electron chi connectivity index (χ1n) is 6.62. The lowest BCUT2D eigenvalue weighted by molar-refractivity contribution is 0.0321. The quantitative estimate of drug-likeness (QED) is 0.482. The zero-order valence-corrected chi connectivity index (χ0v) is 11.6. The van der Waals surface area contributed by atoms with Crippen LogP contribution in [0.3, 0.4) is 0 Å². The Morgan fingerprint density at radius 2 is 2.15 bits per heavy atom. The predicted octanol–water partition coefficient (Wildman–Crippen LogP) is 1.21. The molecule has 0 bridgehead atoms. The molecule has 1 N–H and O–H groups in total. The Morgan fingerprint density at radius 1 is 1.35 bits per heavy atom. The van der Waals surface area contributed by atoms with Crippen LogP contribution >= 0.6 is 0 Å². The zero-order chi connectivity index (χ0) is 14.2. The summed E-state index contributed by atoms with van der Waals surface area (Å²) in [5.41, 5.74) is 0.755. The number of oxime groups is 1. The number of hydrogen-bond donors (Lipinski definition) is 1. The molecule has 0 radical (unpaired) electrons. The molecule has 0 amide bonds. The maximum atomic E-state index is 8.52. The molecule has 1 aromatic carbocycles. The van der Waals surface area contributed by atoms with E-state index >= 15 is 0 Å². The average molecular weight is 280 g/mol. The van der Waals surface area contributed by atoms with Gasteiger partial charge in [-0.2, -0.15) is 0 Å². The largest absolute Gasteiger partial charge is 0.493 e. The van der Waals surface area contributed by atoms with Gasteiger partial charge >= 0.3 is 0 Å². The molecule has 0 atom stereocenters. The van der Waals surface area contributed by atoms with Crippen molar-refractivity contribution in [3.8, 4) is 11.5 Å². The maximum Gasteiger partial charge on any atom is 0.161 e. The van der Waals surface area contributed by atoms with Crippen LogP contribution in [0.25, 0.3) is 0 Å². The average Bonchev–Trinajstić information content (AvgIpc) is 2.50. The van der Waals surface area contributed by atoms with E-state index in [4.69, 9.17) is 19.4 Å². The summed E-state index contributed by atoms with van der Waals surface area (Å²) in [5.74, 6) is 1.32. The van der Waals surface area contributed by atoms with E-state index in [1.165, 1.54) is 6.21 Å². The van der Waals surface area contributed by atoms with E-state index in [1.807, 2.05) is 12.1 Å². The molecule has 0 saturated carbocycles. The lowest BCUT2D eigenvalue weighted by Gasteiger charge is -2.26. The van der Waals surface area contributed by atoms with Crippen LogP contribution in [-0.4, -0.2) is 62.9 Å². The zero-order valence-electron chi connectivity index (χ0n) is 11.6. The summed E-state index contributed by atoms with van der Waals surface area (Å²) in [6.07, 6.45) is 1.35. The first kappa shape index (κ1) is 14.6. The van der Waals surface area contributed by atoms with Crippen LogP contribution in [0, 0.1) is 0 Å². The number of methoxy groups -OCH3 is 1. The molecule has 1 fully saturated rings. The van der Waals surface area contributed by atoms with Gasteiger partial charge < -0.3 is 19.4 Å². The molecule has 1 saturated heterocycles. The first-order chi connectivity index (χ1) is 9.83. The van der Waals surface area contributed by atoms with Gasteiger partial charge in [-0.25, -0.2) is 0 Å². The second-order valence-corrected chi connectivity index (χ2v) is 4.46. The molecule has 1 aliphatic rings. The fourth-order valence-electron chi connectivity index (χ4n) is 2.06. The fraction of sp³-hybridized carbons (Fsp3) is 0.500. The Labute approximate surface area is 118 Å². The highest BCUT2D eigenvalue weighted by atomic mass is 16.5. The number of rotatable bonds is 6. The summed E-state index contributed by atoms with van der Waals surface area (Å²) >= 11 is 0. The van der Waals surface area contributed by atoms with E-state index in [9.17, 15) is 0 Å². The Bertz CT molecular complexity index is 445. The minimum Gasteiger partial charge on any atom is -0.493 e. The van der Waals surface area contributed by atoms with Gasteiger partial charge in [-0.3, -0.25) is 4.90 Å². The predicted molar refractivity (Wildman–Crippen MR) is 75.1 cm³/mol. The van der Waals surface area contributed by atoms with Gasteiger partial charge in [0.25, 0.3) is 0 Å². The van der Waals surface area contributed by atoms with Crippen LogP contribution in [0.4, 0.5) is 0 Å². The third-order valence-electron chi connectivity index (χ3n) is 3.16. The number of hydrogen-bond acceptors (Lipinski definition) is 6. The minimum absolute atomic E-state index is 0.601. The smallest absolute Gasteiger partial charge is 0.161 e. The monoisotopic (exact) mass is 280 g/mol. The summed E-state index contributed by atoms with van der Waals surface area (Å²) < 4.78 is 16.3. The van der Waals surface area contributed by atoms with Crippen LogP contribution in [0.5, 0.6) is 11.5 Å². The standard InChI is InChI=1S/C14H20N2O4/c1-18-14-10-12(11-15-17)2-3-13(14)20-9-6-16-4-7-19-8-5-16/h2-3,10-11,17H,4-9H2,1H3. The van der Waals surface area contributed by atoms with Crippen LogP contribution in [0.2, 0.25) is 0 Å². The molecule has 2 rings (SSSR count). The van der Waals surface area contributed by atoms with E-state index in [0.717, 1.165) is 38.4 Å². The van der Waals surface area contributed by atoms with Crippen molar-refractivity contribution in [3.63, 3.8) is 0 Å². The molecule has 1 aromatic rings. The number of ether oxygens (including phenoxy) is 3. The molecule has 0 aliphatic carbocycles. The molecule has 0 spiro atoms. The van der Waals surface area contributed by atoms with Crippen molar-refractivity contribution >= 4 is 6.21 Å². The van der Waals surface area contributed by atoms with Crippen LogP contribution in [0.1, 0.15) is 5.56 Å². The molecule has 0 unspecified atom stereocenters. The minimum atomic E-state index is 0.601. The highest BCUT2D eigenvalue weighted by molar-refractivity contribution is 5.80. The lowest BCUT2D eigenvalue weighted by atomic mass is 10.2. The van der Waals surface area contributed by atoms with Crippen molar-refractivity contribution in [2.45, 2.75) is 0 Å². The van der Waals surface area contributed by atoms with E-state index in [-0.39, 0.29) is 0 Å². The second-order valence-electron chi connectivity index (χ2n) is 4.46. The van der Waals surface area contributed by atoms with Crippen molar-refractivity contribution < 1.29 is 19.4 Å². The normalized spacial score (nSPS) is 16.4. The van der Waals surface area contributed by atoms with E-state index < -0.39 is 0 Å². The summed E-state index contributed by atoms with van der Waals surface area (Å²) in [7, 11) is 1.59. The van der Waals surface area contributed by atoms with Crippen molar-refractivity contribution in [1.29, 1.82) is 0 Å². The van der Waals surface area contributed by atoms with Gasteiger partial charge in [0.2, 0.25) is 0 Å². The highest BCUT2D eigenvalue weighted by Crippen LogP contribution is 2.27. The Balaban J connectivity index is 1.88. The van der Waals surface area contributed by atoms with E-state index in [0.29, 0.717) is 18.1 Å². The summed E-state index contributed by atoms with van der Waals surface area (Å²) in [4.78, 5) is 2.31. The van der Waals surface area contributed by atoms with Crippen molar-refractivity contribution in [2.75, 3.05) is 46.6 Å². The third kappa shape index (κ3) is 4.11. The molecular weight excluding hydrogens is 260 g/mol. The van der Waals surface area contributed by atoms with Gasteiger partial charge in [0.05, 0.1) is 26.5 Å². The molecule has 110 valence electrons. The fourth-order valence-corrected chi connectivity index (χ4v) is 2.06. The molecule has 20 heavy (non-hydrogen) atoms. The Kier molecular flexibility index (Phi) is 5.64. The second kappa shape index (κ2) is 7.72. The lowest BCUT2D eigenvalue weighted by Crippen LogP contribution is -2.38. The number of benzene rings is 1. The van der Waals surface area contributed by atoms with Gasteiger partial charge in [0.15, 0.2) is 11.5 Å². The van der Waals surface area contributed by atoms with Crippen LogP contribution in [0.15, 0.2) is 23.4 Å². The highest BCUT2D eigenvalue weighted by Gasteiger charge is 2.11. The number of morpholine rings is 1. The van der Waals surface area contributed by atoms with Gasteiger partial charge in [0.1, 0.15) is 6.61 Å². The Hall–Kier alpha value is -1.79. The molecule has 1 heterocycles. The SMILES string of the molecule is COc1cc(C=NO)ccc1OCCN1CCOCC1. The maximum absolute atomic E-state index is 8.52. The summed E-state index contributed by atoms with van der Waals surface area (Å²) in [6, 6.07) is 5.39. The van der Waals surface area contributed by atoms with Gasteiger partial charge in [0, 0.05) is 25.2 Å². The van der Waals surface area contributed by atoms with Crippen molar-refractivity contribution in [1.82, 2.24) is 4.90 Å². The van der Waals surface area contributed by atoms with Crippen molar-refractivity contribution in [3.05, 3.63) is 23.8 Å². The van der Waals surface area contributed by atoms with Gasteiger partial charge in [-0.05, 0) is 18.2 Å². The third-order valence-corrected chi connectivity index (χ3v) is 3.16. The molecule has 0 aromatic heterocycles. The summed E-state index contributed by atoms with van der Waals surface area (Å²) in [5, 5.41) is 11.5. The summed E-state index contributed by atoms with van der Waals surface area (Å²) in [6.45, 7) is 4.95. The van der Waals surface area contributed by atoms with Gasteiger partial charge in [-0.15, -0.1) is 0 Å². The van der Waals surface area contributed by atoms with Crippen LogP contribution < -0.4 is 9.47 Å². The Morgan fingerprint density at radius 3 is 2.85 bits per heavy atom. The van der Waals surface area contributed by atoms with E-state index in [1.54, 1.807) is 13.2 Å². The molecule has 1 aliphatic heterocycles. The topological polar surface area (TPSA) is 63.5 Å².